The van der Waals surface area contributed by atoms with Crippen LogP contribution in [0.2, 0.25) is 0 Å². The largest absolute Gasteiger partial charge is 0.393 e. The van der Waals surface area contributed by atoms with E-state index in [1.807, 2.05) is 93.5 Å². The Morgan fingerprint density at radius 3 is 0.833 bits per heavy atom. The predicted molar refractivity (Wildman–Crippen MR) is 456 cm³/mol. The number of allylic oxidation sites excluding steroid dienone is 16. The summed E-state index contributed by atoms with van der Waals surface area (Å²) in [5.74, 6) is -7.59. The van der Waals surface area contributed by atoms with E-state index in [-0.39, 0.29) is 108 Å². The second-order valence-corrected chi connectivity index (χ2v) is 44.0. The lowest BCUT2D eigenvalue weighted by Crippen LogP contribution is -2.64. The highest BCUT2D eigenvalue weighted by Gasteiger charge is 2.83. The number of aliphatic hydroxyl groups is 8. The van der Waals surface area contributed by atoms with Gasteiger partial charge in [0.05, 0.1) is 48.8 Å². The molecular formula is C100H140F4O22. The number of ketones is 6. The quantitative estimate of drug-likeness (QED) is 0.105. The van der Waals surface area contributed by atoms with Gasteiger partial charge in [-0.05, 0) is 251 Å². The first-order valence-electron chi connectivity index (χ1n) is 46.8. The first-order valence-corrected chi connectivity index (χ1v) is 46.8. The van der Waals surface area contributed by atoms with Crippen molar-refractivity contribution in [2.45, 2.75) is 347 Å². The SMILES string of the molecule is CC.CC.CC1(C)O[C@@H]2C[C@H]3[C@@H]4C[C@H](F)C5=CC(=O)C=C[C@]5(C)[C@H]4[C@@H](O)C[C@]3(C)[C@]2(C(=O)CO)O1.CC1(C)O[C@@H]2C[C@H]3[C@@H]4C[C@H](F)C5=CC(=O)C=C[C@]5(C)[C@H]4[C@@H](O)C[C@]3(C)[C@]2(C(=O)CO)O1.CC1(C)O[C@@H]2C[C@H]3[C@@H]4C[C@H](F)C5=CC=CC[C@]5(C)[C@H]4[C@@H](O)C[C@]3(C)[C@]2(C(=O)CO)O1.CC1(C)O[C@@H]2C[C@H]3[C@@H]4C[C@H](F)C5=CC=CC[C@]5(C)[C@H]4[C@@H](O)C[C@]3(C)[C@]2(C(=O)CO)O1. The minimum absolute atomic E-state index is 0.0231. The molecule has 0 radical (unpaired) electrons. The number of alkyl halides is 4. The maximum Gasteiger partial charge on any atom is 0.193 e. The third-order valence-electron chi connectivity index (χ3n) is 36.4. The number of carbonyl (C=O) groups is 6. The number of hydrogen-bond donors (Lipinski definition) is 8. The number of aliphatic hydroxyl groups excluding tert-OH is 8. The van der Waals surface area contributed by atoms with Crippen molar-refractivity contribution in [3.63, 3.8) is 0 Å². The van der Waals surface area contributed by atoms with E-state index in [2.05, 4.69) is 26.0 Å². The molecule has 0 bridgehead atoms. The highest BCUT2D eigenvalue weighted by Crippen LogP contribution is 2.77. The minimum Gasteiger partial charge on any atom is -0.393 e. The molecule has 126 heavy (non-hydrogen) atoms. The van der Waals surface area contributed by atoms with Crippen LogP contribution in [-0.2, 0) is 66.7 Å². The van der Waals surface area contributed by atoms with Crippen LogP contribution in [0.3, 0.4) is 0 Å². The number of Topliss-reactive ketones (excluding diaryl/α,β-unsaturated/α-hetero) is 4. The Hall–Kier alpha value is -4.98. The second kappa shape index (κ2) is 31.9. The van der Waals surface area contributed by atoms with E-state index in [1.165, 1.54) is 24.3 Å². The van der Waals surface area contributed by atoms with Crippen LogP contribution < -0.4 is 0 Å². The molecule has 36 atom stereocenters. The van der Waals surface area contributed by atoms with Gasteiger partial charge in [0.15, 0.2) is 80.3 Å². The Morgan fingerprint density at radius 1 is 0.357 bits per heavy atom. The number of rotatable bonds is 8. The molecule has 0 unspecified atom stereocenters. The number of carbonyl (C=O) groups excluding carboxylic acids is 6. The summed E-state index contributed by atoms with van der Waals surface area (Å²) in [5, 5.41) is 85.2. The molecule has 12 saturated carbocycles. The second-order valence-electron chi connectivity index (χ2n) is 44.0. The molecule has 4 heterocycles. The normalized spacial score (nSPS) is 51.1. The van der Waals surface area contributed by atoms with Crippen LogP contribution in [0.5, 0.6) is 0 Å². The summed E-state index contributed by atoms with van der Waals surface area (Å²) in [6, 6.07) is 0. The molecule has 0 aromatic carbocycles. The molecule has 16 fully saturated rings. The van der Waals surface area contributed by atoms with Crippen molar-refractivity contribution in [3.8, 4) is 0 Å². The van der Waals surface area contributed by atoms with Crippen LogP contribution in [0.4, 0.5) is 17.6 Å². The third-order valence-corrected chi connectivity index (χ3v) is 36.4. The van der Waals surface area contributed by atoms with Crippen LogP contribution >= 0.6 is 0 Å². The lowest BCUT2D eigenvalue weighted by atomic mass is 9.45. The summed E-state index contributed by atoms with van der Waals surface area (Å²) in [7, 11) is 0. The molecule has 26 heteroatoms. The zero-order chi connectivity index (χ0) is 92.5. The zero-order valence-electron chi connectivity index (χ0n) is 77.3. The maximum atomic E-state index is 15.4. The average molecular weight is 1770 g/mol. The van der Waals surface area contributed by atoms with Gasteiger partial charge in [-0.3, -0.25) is 28.8 Å². The maximum absolute atomic E-state index is 15.4. The molecule has 16 aliphatic carbocycles. The Morgan fingerprint density at radius 2 is 0.587 bits per heavy atom. The van der Waals surface area contributed by atoms with E-state index in [9.17, 15) is 69.6 Å². The summed E-state index contributed by atoms with van der Waals surface area (Å²) in [6.07, 6.45) is 17.1. The van der Waals surface area contributed by atoms with E-state index in [1.54, 1.807) is 67.5 Å². The van der Waals surface area contributed by atoms with Crippen molar-refractivity contribution in [1.29, 1.82) is 0 Å². The van der Waals surface area contributed by atoms with E-state index >= 15 is 17.6 Å². The number of fused-ring (bicyclic) bond motifs is 28. The van der Waals surface area contributed by atoms with Crippen LogP contribution in [0, 0.1) is 114 Å². The van der Waals surface area contributed by atoms with E-state index < -0.39 is 212 Å². The minimum atomic E-state index is -1.37. The summed E-state index contributed by atoms with van der Waals surface area (Å²) in [4.78, 5) is 76.5. The van der Waals surface area contributed by atoms with Crippen LogP contribution in [-0.4, -0.2) is 221 Å². The lowest BCUT2D eigenvalue weighted by molar-refractivity contribution is -0.228. The molecule has 8 N–H and O–H groups in total. The van der Waals surface area contributed by atoms with Gasteiger partial charge in [-0.1, -0.05) is 132 Å². The van der Waals surface area contributed by atoms with E-state index in [4.69, 9.17) is 37.9 Å². The first-order chi connectivity index (χ1) is 58.8. The molecule has 700 valence electrons. The highest BCUT2D eigenvalue weighted by molar-refractivity contribution is 6.02. The summed E-state index contributed by atoms with van der Waals surface area (Å²) in [6.45, 7) is 35.3. The topological polar surface area (TPSA) is 338 Å². The summed E-state index contributed by atoms with van der Waals surface area (Å²) >= 11 is 0. The fourth-order valence-corrected chi connectivity index (χ4v) is 32.6. The smallest absolute Gasteiger partial charge is 0.193 e. The molecule has 4 aliphatic heterocycles. The zero-order valence-corrected chi connectivity index (χ0v) is 77.3. The van der Waals surface area contributed by atoms with Crippen molar-refractivity contribution >= 4 is 34.7 Å². The fourth-order valence-electron chi connectivity index (χ4n) is 32.6. The molecule has 0 aromatic heterocycles. The first kappa shape index (κ1) is 95.6. The van der Waals surface area contributed by atoms with Gasteiger partial charge in [-0.25, -0.2) is 17.6 Å². The Balaban J connectivity index is 0.000000128. The molecule has 4 saturated heterocycles. The molecule has 0 aromatic rings. The van der Waals surface area contributed by atoms with Crippen molar-refractivity contribution in [3.05, 3.63) is 95.2 Å². The summed E-state index contributed by atoms with van der Waals surface area (Å²) in [5.41, 5.74) is -8.34. The number of hydrogen-bond acceptors (Lipinski definition) is 22. The fraction of sp³-hybridized carbons (Fsp3) is 0.780. The predicted octanol–water partition coefficient (Wildman–Crippen LogP) is 12.8. The average Bonchev–Trinajstić information content (AvgIpc) is 1.51. The van der Waals surface area contributed by atoms with E-state index in [0.717, 1.165) is 11.1 Å². The van der Waals surface area contributed by atoms with Gasteiger partial charge in [0, 0.05) is 55.2 Å². The van der Waals surface area contributed by atoms with Crippen LogP contribution in [0.1, 0.15) is 228 Å². The van der Waals surface area contributed by atoms with Crippen molar-refractivity contribution in [1.82, 2.24) is 0 Å². The number of halogens is 4. The molecular weight excluding hydrogens is 1630 g/mol. The molecule has 0 amide bonds. The Kier molecular flexibility index (Phi) is 24.2. The Bertz CT molecular complexity index is 4340. The highest BCUT2D eigenvalue weighted by atomic mass is 19.1. The Labute approximate surface area is 739 Å². The van der Waals surface area contributed by atoms with Gasteiger partial charge in [0.2, 0.25) is 0 Å². The molecule has 0 spiro atoms. The summed E-state index contributed by atoms with van der Waals surface area (Å²) < 4.78 is 112. The van der Waals surface area contributed by atoms with Gasteiger partial charge in [0.1, 0.15) is 51.1 Å². The van der Waals surface area contributed by atoms with Crippen LogP contribution in [0.15, 0.2) is 95.2 Å². The van der Waals surface area contributed by atoms with Gasteiger partial charge < -0.3 is 78.7 Å². The third kappa shape index (κ3) is 13.2. The van der Waals surface area contributed by atoms with Crippen molar-refractivity contribution in [2.24, 2.45) is 114 Å². The standard InChI is InChI=1S/2C24H31FO6.2C24H33FO5.2C2H6/c2*1-21(2)30-19-9-14-13-8-16(25)15-7-12(27)5-6-22(15,3)20(13)17(28)10-23(14,4)24(19,31-21)18(29)11-26;2*1-21(2)29-19-10-15-13-9-16(25)14-7-5-6-8-22(14,3)20(13)17(27)11-23(15,4)24(19,30-21)18(28)12-26;2*1-2/h2*5-7,13-14,16-17,19-20,26,28H,8-11H2,1-4H3;2*5-7,13,15-17,19-20,26-27H,8-12H2,1-4H3;2*1-2H3/t2*13-,14-,16-,17-,19+,20+,22-,23-,24+;2*13-,15-,16-,17-,19+,20+,22-,23-,24+;;/m0000../s1. The van der Waals surface area contributed by atoms with Crippen molar-refractivity contribution in [2.75, 3.05) is 26.4 Å². The molecule has 20 rings (SSSR count). The van der Waals surface area contributed by atoms with Crippen molar-refractivity contribution < 1.29 is 125 Å². The lowest BCUT2D eigenvalue weighted by Gasteiger charge is -2.61. The van der Waals surface area contributed by atoms with Gasteiger partial charge in [-0.2, -0.15) is 0 Å². The number of ether oxygens (including phenoxy) is 8. The molecule has 22 nitrogen and oxygen atoms in total. The monoisotopic (exact) mass is 1770 g/mol. The van der Waals surface area contributed by atoms with Crippen LogP contribution in [0.25, 0.3) is 0 Å². The van der Waals surface area contributed by atoms with E-state index in [0.29, 0.717) is 75.4 Å². The van der Waals surface area contributed by atoms with Gasteiger partial charge in [-0.15, -0.1) is 0 Å². The van der Waals surface area contributed by atoms with Gasteiger partial charge in [0.25, 0.3) is 0 Å². The molecule has 20 aliphatic rings. The van der Waals surface area contributed by atoms with Gasteiger partial charge >= 0.3 is 0 Å².